The van der Waals surface area contributed by atoms with Gasteiger partial charge in [-0.25, -0.2) is 0 Å². The Labute approximate surface area is 143 Å². The molecular formula is C19H38N2O2. The molecule has 2 heterocycles. The highest BCUT2D eigenvalue weighted by Crippen LogP contribution is 2.30. The van der Waals surface area contributed by atoms with Crippen LogP contribution in [0.1, 0.15) is 53.4 Å². The van der Waals surface area contributed by atoms with Crippen molar-refractivity contribution in [2.45, 2.75) is 83.8 Å². The van der Waals surface area contributed by atoms with Gasteiger partial charge in [-0.15, -0.1) is 0 Å². The lowest BCUT2D eigenvalue weighted by atomic mass is 9.97. The Hall–Kier alpha value is -0.160. The molecule has 0 aromatic heterocycles. The van der Waals surface area contributed by atoms with Gasteiger partial charge in [0.25, 0.3) is 0 Å². The van der Waals surface area contributed by atoms with E-state index < -0.39 is 0 Å². The van der Waals surface area contributed by atoms with Crippen molar-refractivity contribution in [2.75, 3.05) is 33.8 Å². The second-order valence-electron chi connectivity index (χ2n) is 7.78. The van der Waals surface area contributed by atoms with Gasteiger partial charge in [-0.2, -0.15) is 0 Å². The summed E-state index contributed by atoms with van der Waals surface area (Å²) in [4.78, 5) is 5.04. The summed E-state index contributed by atoms with van der Waals surface area (Å²) in [5, 5.41) is 0. The first-order valence-corrected chi connectivity index (χ1v) is 9.58. The number of likely N-dealkylation sites (tertiary alicyclic amines) is 2. The number of hydrogen-bond acceptors (Lipinski definition) is 4. The standard InChI is InChI=1S/C19H38N2O2/c1-7-21-10-8-9-18(21)16(4)23-14(2)11-17-12-19(15(3)22-6)20(5)13-17/h14-19H,7-13H2,1-6H3/t14?,15-,16?,17?,18+,19+/m1/s1. The van der Waals surface area contributed by atoms with E-state index in [0.717, 1.165) is 12.5 Å². The molecule has 0 saturated carbocycles. The maximum absolute atomic E-state index is 6.39. The van der Waals surface area contributed by atoms with Gasteiger partial charge in [-0.1, -0.05) is 6.92 Å². The topological polar surface area (TPSA) is 24.9 Å². The van der Waals surface area contributed by atoms with Gasteiger partial charge < -0.3 is 14.4 Å². The highest BCUT2D eigenvalue weighted by molar-refractivity contribution is 4.88. The third-order valence-corrected chi connectivity index (χ3v) is 6.08. The van der Waals surface area contributed by atoms with Crippen molar-refractivity contribution in [2.24, 2.45) is 5.92 Å². The predicted molar refractivity (Wildman–Crippen MR) is 95.9 cm³/mol. The molecule has 0 bridgehead atoms. The zero-order valence-electron chi connectivity index (χ0n) is 16.1. The van der Waals surface area contributed by atoms with Crippen LogP contribution in [0.25, 0.3) is 0 Å². The molecule has 4 nitrogen and oxygen atoms in total. The van der Waals surface area contributed by atoms with Crippen LogP contribution in [0.3, 0.4) is 0 Å². The maximum atomic E-state index is 6.39. The number of rotatable bonds is 8. The van der Waals surface area contributed by atoms with E-state index in [4.69, 9.17) is 9.47 Å². The zero-order valence-corrected chi connectivity index (χ0v) is 16.1. The number of nitrogens with zero attached hydrogens (tertiary/aromatic N) is 2. The minimum Gasteiger partial charge on any atom is -0.380 e. The van der Waals surface area contributed by atoms with Crippen molar-refractivity contribution in [3.8, 4) is 0 Å². The number of ether oxygens (including phenoxy) is 2. The smallest absolute Gasteiger partial charge is 0.0705 e. The van der Waals surface area contributed by atoms with Gasteiger partial charge in [-0.05, 0) is 72.5 Å². The van der Waals surface area contributed by atoms with Gasteiger partial charge >= 0.3 is 0 Å². The van der Waals surface area contributed by atoms with Gasteiger partial charge in [-0.3, -0.25) is 4.90 Å². The molecule has 136 valence electrons. The Balaban J connectivity index is 1.77. The SMILES string of the molecule is CCN1CCC[C@H]1C(C)OC(C)CC1C[C@@H]([C@@H](C)OC)N(C)C1. The Morgan fingerprint density at radius 3 is 2.52 bits per heavy atom. The molecule has 0 aliphatic carbocycles. The minimum absolute atomic E-state index is 0.316. The van der Waals surface area contributed by atoms with Crippen molar-refractivity contribution in [1.29, 1.82) is 0 Å². The van der Waals surface area contributed by atoms with Gasteiger partial charge in [0.15, 0.2) is 0 Å². The summed E-state index contributed by atoms with van der Waals surface area (Å²) < 4.78 is 11.9. The summed E-state index contributed by atoms with van der Waals surface area (Å²) in [6.45, 7) is 12.5. The van der Waals surface area contributed by atoms with Crippen LogP contribution in [0.15, 0.2) is 0 Å². The molecule has 6 atom stereocenters. The normalized spacial score (nSPS) is 33.9. The highest BCUT2D eigenvalue weighted by atomic mass is 16.5. The van der Waals surface area contributed by atoms with Crippen molar-refractivity contribution >= 4 is 0 Å². The molecule has 0 radical (unpaired) electrons. The zero-order chi connectivity index (χ0) is 17.0. The van der Waals surface area contributed by atoms with Gasteiger partial charge in [0.05, 0.1) is 18.3 Å². The van der Waals surface area contributed by atoms with Gasteiger partial charge in [0, 0.05) is 25.7 Å². The fourth-order valence-corrected chi connectivity index (χ4v) is 4.77. The van der Waals surface area contributed by atoms with Crippen LogP contribution >= 0.6 is 0 Å². The fraction of sp³-hybridized carbons (Fsp3) is 1.00. The third kappa shape index (κ3) is 4.91. The molecule has 0 aromatic rings. The van der Waals surface area contributed by atoms with Crippen molar-refractivity contribution < 1.29 is 9.47 Å². The van der Waals surface area contributed by atoms with Crippen LogP contribution in [0.4, 0.5) is 0 Å². The molecule has 3 unspecified atom stereocenters. The monoisotopic (exact) mass is 326 g/mol. The van der Waals surface area contributed by atoms with E-state index >= 15 is 0 Å². The van der Waals surface area contributed by atoms with Gasteiger partial charge in [0.2, 0.25) is 0 Å². The first kappa shape index (κ1) is 19.2. The largest absolute Gasteiger partial charge is 0.380 e. The summed E-state index contributed by atoms with van der Waals surface area (Å²) in [6, 6.07) is 1.18. The molecule has 2 saturated heterocycles. The Kier molecular flexibility index (Phi) is 7.33. The number of hydrogen-bond donors (Lipinski definition) is 0. The van der Waals surface area contributed by atoms with E-state index in [1.807, 2.05) is 7.11 Å². The molecule has 2 aliphatic heterocycles. The Morgan fingerprint density at radius 1 is 1.13 bits per heavy atom. The molecule has 2 fully saturated rings. The lowest BCUT2D eigenvalue weighted by Crippen LogP contribution is -2.40. The first-order valence-electron chi connectivity index (χ1n) is 9.58. The quantitative estimate of drug-likeness (QED) is 0.684. The van der Waals surface area contributed by atoms with E-state index in [0.29, 0.717) is 30.4 Å². The maximum Gasteiger partial charge on any atom is 0.0705 e. The van der Waals surface area contributed by atoms with E-state index in [1.54, 1.807) is 0 Å². The number of likely N-dealkylation sites (N-methyl/N-ethyl adjacent to an activating group) is 2. The fourth-order valence-electron chi connectivity index (χ4n) is 4.77. The summed E-state index contributed by atoms with van der Waals surface area (Å²) in [5.41, 5.74) is 0. The van der Waals surface area contributed by atoms with Crippen molar-refractivity contribution in [3.63, 3.8) is 0 Å². The van der Waals surface area contributed by atoms with Crippen LogP contribution < -0.4 is 0 Å². The molecule has 2 rings (SSSR count). The minimum atomic E-state index is 0.316. The molecule has 0 aromatic carbocycles. The lowest BCUT2D eigenvalue weighted by Gasteiger charge is -2.31. The van der Waals surface area contributed by atoms with E-state index in [-0.39, 0.29) is 0 Å². The molecule has 4 heteroatoms. The average molecular weight is 327 g/mol. The van der Waals surface area contributed by atoms with E-state index in [2.05, 4.69) is 44.5 Å². The predicted octanol–water partition coefficient (Wildman–Crippen LogP) is 3.01. The first-order chi connectivity index (χ1) is 11.0. The molecule has 2 aliphatic rings. The average Bonchev–Trinajstić information content (AvgIpc) is 3.12. The lowest BCUT2D eigenvalue weighted by molar-refractivity contribution is -0.0402. The van der Waals surface area contributed by atoms with Crippen molar-refractivity contribution in [1.82, 2.24) is 9.80 Å². The second kappa shape index (κ2) is 8.80. The molecule has 0 spiro atoms. The second-order valence-corrected chi connectivity index (χ2v) is 7.78. The van der Waals surface area contributed by atoms with Crippen LogP contribution in [-0.2, 0) is 9.47 Å². The summed E-state index contributed by atoms with van der Waals surface area (Å²) >= 11 is 0. The van der Waals surface area contributed by atoms with E-state index in [9.17, 15) is 0 Å². The van der Waals surface area contributed by atoms with Crippen LogP contribution in [0.2, 0.25) is 0 Å². The number of methoxy groups -OCH3 is 1. The molecule has 0 N–H and O–H groups in total. The van der Waals surface area contributed by atoms with Crippen LogP contribution in [-0.4, -0.2) is 74.0 Å². The third-order valence-electron chi connectivity index (χ3n) is 6.08. The molecular weight excluding hydrogens is 288 g/mol. The highest BCUT2D eigenvalue weighted by Gasteiger charge is 2.35. The molecule has 23 heavy (non-hydrogen) atoms. The van der Waals surface area contributed by atoms with Crippen LogP contribution in [0, 0.1) is 5.92 Å². The molecule has 0 amide bonds. The Bertz CT molecular complexity index is 352. The summed E-state index contributed by atoms with van der Waals surface area (Å²) in [6.07, 6.45) is 6.03. The van der Waals surface area contributed by atoms with Crippen LogP contribution in [0.5, 0.6) is 0 Å². The summed E-state index contributed by atoms with van der Waals surface area (Å²) in [7, 11) is 4.05. The Morgan fingerprint density at radius 2 is 1.87 bits per heavy atom. The summed E-state index contributed by atoms with van der Waals surface area (Å²) in [5.74, 6) is 0.732. The van der Waals surface area contributed by atoms with E-state index in [1.165, 1.54) is 38.8 Å². The van der Waals surface area contributed by atoms with Gasteiger partial charge in [0.1, 0.15) is 0 Å². The van der Waals surface area contributed by atoms with Crippen molar-refractivity contribution in [3.05, 3.63) is 0 Å².